The number of aromatic nitrogens is 2. The highest BCUT2D eigenvalue weighted by Crippen LogP contribution is 2.35. The Labute approximate surface area is 118 Å². The van der Waals surface area contributed by atoms with E-state index in [2.05, 4.69) is 9.98 Å². The molecule has 0 aliphatic carbocycles. The molecule has 0 bridgehead atoms. The van der Waals surface area contributed by atoms with Gasteiger partial charge >= 0.3 is 5.69 Å². The van der Waals surface area contributed by atoms with Gasteiger partial charge in [0.1, 0.15) is 11.3 Å². The van der Waals surface area contributed by atoms with Crippen molar-refractivity contribution in [2.75, 3.05) is 0 Å². The van der Waals surface area contributed by atoms with Gasteiger partial charge in [0.05, 0.1) is 5.69 Å². The van der Waals surface area contributed by atoms with E-state index >= 15 is 0 Å². The van der Waals surface area contributed by atoms with Crippen molar-refractivity contribution >= 4 is 23.6 Å². The minimum atomic E-state index is -0.696. The van der Waals surface area contributed by atoms with Crippen LogP contribution in [0.2, 0.25) is 0 Å². The van der Waals surface area contributed by atoms with E-state index in [9.17, 15) is 19.8 Å². The van der Waals surface area contributed by atoms with Gasteiger partial charge in [-0.25, -0.2) is 4.79 Å². The van der Waals surface area contributed by atoms with Gasteiger partial charge in [-0.3, -0.25) is 19.3 Å². The number of aromatic hydroxyl groups is 2. The molecular formula is C14H11N3O4. The number of H-pyrrole nitrogens is 1. The van der Waals surface area contributed by atoms with Crippen LogP contribution in [0.5, 0.6) is 11.6 Å². The van der Waals surface area contributed by atoms with Gasteiger partial charge in [0, 0.05) is 24.4 Å². The zero-order valence-corrected chi connectivity index (χ0v) is 11.0. The van der Waals surface area contributed by atoms with Gasteiger partial charge < -0.3 is 10.2 Å². The number of fused-ring (bicyclic) bond motifs is 1. The number of aliphatic imine (C=N–C) groups is 1. The van der Waals surface area contributed by atoms with Gasteiger partial charge in [-0.2, -0.15) is 0 Å². The molecule has 0 saturated heterocycles. The molecule has 7 heteroatoms. The minimum Gasteiger partial charge on any atom is -0.508 e. The standard InChI is InChI=1S/C14H11N3O4/c1-17-13(20)10(12(19)16-14(17)21)4-7-6-15-11-3-2-8(18)5-9(7)11/h2-6,18,20H,1H3,(H,16,19,21). The van der Waals surface area contributed by atoms with Crippen LogP contribution in [0, 0.1) is 0 Å². The Hall–Kier alpha value is -3.09. The van der Waals surface area contributed by atoms with Crippen LogP contribution in [0.25, 0.3) is 11.6 Å². The Morgan fingerprint density at radius 3 is 2.81 bits per heavy atom. The number of aromatic amines is 1. The van der Waals surface area contributed by atoms with Crippen molar-refractivity contribution in [2.45, 2.75) is 0 Å². The van der Waals surface area contributed by atoms with E-state index in [1.54, 1.807) is 6.07 Å². The van der Waals surface area contributed by atoms with Crippen LogP contribution in [-0.4, -0.2) is 26.0 Å². The lowest BCUT2D eigenvalue weighted by molar-refractivity contribution is 0.416. The highest BCUT2D eigenvalue weighted by Gasteiger charge is 2.16. The highest BCUT2D eigenvalue weighted by molar-refractivity contribution is 6.21. The molecule has 3 rings (SSSR count). The van der Waals surface area contributed by atoms with Crippen LogP contribution in [0.4, 0.5) is 5.69 Å². The number of benzene rings is 1. The van der Waals surface area contributed by atoms with Crippen molar-refractivity contribution in [2.24, 2.45) is 12.0 Å². The average Bonchev–Trinajstić information content (AvgIpc) is 2.83. The van der Waals surface area contributed by atoms with Crippen molar-refractivity contribution < 1.29 is 10.2 Å². The fourth-order valence-electron chi connectivity index (χ4n) is 2.10. The zero-order valence-electron chi connectivity index (χ0n) is 11.0. The molecule has 0 saturated carbocycles. The molecule has 0 radical (unpaired) electrons. The van der Waals surface area contributed by atoms with Crippen molar-refractivity contribution in [3.05, 3.63) is 50.2 Å². The molecule has 7 nitrogen and oxygen atoms in total. The topological polar surface area (TPSA) is 108 Å². The molecule has 2 aromatic rings. The second kappa shape index (κ2) is 4.48. The summed E-state index contributed by atoms with van der Waals surface area (Å²) < 4.78 is 0.934. The maximum absolute atomic E-state index is 11.8. The number of allylic oxidation sites excluding steroid dienone is 1. The maximum Gasteiger partial charge on any atom is 0.330 e. The molecule has 3 N–H and O–H groups in total. The van der Waals surface area contributed by atoms with E-state index in [1.807, 2.05) is 0 Å². The molecule has 1 aromatic heterocycles. The number of nitrogens with one attached hydrogen (secondary N) is 1. The summed E-state index contributed by atoms with van der Waals surface area (Å²) in [5.74, 6) is -0.359. The number of rotatable bonds is 1. The van der Waals surface area contributed by atoms with Crippen LogP contribution >= 0.6 is 0 Å². The van der Waals surface area contributed by atoms with Gasteiger partial charge in [0.2, 0.25) is 5.88 Å². The fraction of sp³-hybridized carbons (Fsp3) is 0.0714. The Bertz CT molecular complexity index is 919. The first-order chi connectivity index (χ1) is 9.97. The Morgan fingerprint density at radius 1 is 1.29 bits per heavy atom. The van der Waals surface area contributed by atoms with Crippen molar-refractivity contribution in [3.8, 4) is 11.6 Å². The third-order valence-electron chi connectivity index (χ3n) is 3.26. The van der Waals surface area contributed by atoms with E-state index < -0.39 is 17.1 Å². The predicted molar refractivity (Wildman–Crippen MR) is 78.1 cm³/mol. The highest BCUT2D eigenvalue weighted by atomic mass is 16.3. The first-order valence-corrected chi connectivity index (χ1v) is 6.09. The Kier molecular flexibility index (Phi) is 2.76. The van der Waals surface area contributed by atoms with Gasteiger partial charge in [-0.1, -0.05) is 0 Å². The smallest absolute Gasteiger partial charge is 0.330 e. The lowest BCUT2D eigenvalue weighted by atomic mass is 10.0. The van der Waals surface area contributed by atoms with Gasteiger partial charge in [0.15, 0.2) is 0 Å². The number of nitrogens with zero attached hydrogens (tertiary/aromatic N) is 2. The summed E-state index contributed by atoms with van der Waals surface area (Å²) in [5.41, 5.74) is 0.417. The van der Waals surface area contributed by atoms with Crippen LogP contribution in [-0.2, 0) is 7.05 Å². The quantitative estimate of drug-likeness (QED) is 0.718. The largest absolute Gasteiger partial charge is 0.508 e. The van der Waals surface area contributed by atoms with E-state index in [4.69, 9.17) is 0 Å². The lowest BCUT2D eigenvalue weighted by Gasteiger charge is -2.05. The second-order valence-corrected chi connectivity index (χ2v) is 4.61. The average molecular weight is 285 g/mol. The molecule has 0 unspecified atom stereocenters. The number of hydrogen-bond donors (Lipinski definition) is 3. The Balaban J connectivity index is 2.21. The van der Waals surface area contributed by atoms with Crippen LogP contribution in [0.1, 0.15) is 11.1 Å². The summed E-state index contributed by atoms with van der Waals surface area (Å²) in [5, 5.41) is 19.5. The first kappa shape index (κ1) is 12.9. The van der Waals surface area contributed by atoms with Crippen molar-refractivity contribution in [1.82, 2.24) is 9.55 Å². The van der Waals surface area contributed by atoms with E-state index in [-0.39, 0.29) is 11.3 Å². The monoisotopic (exact) mass is 285 g/mol. The summed E-state index contributed by atoms with van der Waals surface area (Å²) in [7, 11) is 1.35. The molecule has 0 fully saturated rings. The van der Waals surface area contributed by atoms with Crippen LogP contribution in [0.15, 0.2) is 32.8 Å². The Morgan fingerprint density at radius 2 is 2.05 bits per heavy atom. The number of phenolic OH excluding ortho intramolecular Hbond substituents is 1. The minimum absolute atomic E-state index is 0.0465. The van der Waals surface area contributed by atoms with Gasteiger partial charge in [-0.15, -0.1) is 0 Å². The SMILES string of the molecule is Cn1c(O)c(C=C2C=Nc3ccc(O)cc32)c(=O)[nH]c1=O. The summed E-state index contributed by atoms with van der Waals surface area (Å²) in [6.45, 7) is 0. The summed E-state index contributed by atoms with van der Waals surface area (Å²) >= 11 is 0. The normalized spacial score (nSPS) is 14.6. The zero-order chi connectivity index (χ0) is 15.1. The van der Waals surface area contributed by atoms with Gasteiger partial charge in [0.25, 0.3) is 5.56 Å². The summed E-state index contributed by atoms with van der Waals surface area (Å²) in [4.78, 5) is 29.4. The molecule has 0 amide bonds. The lowest BCUT2D eigenvalue weighted by Crippen LogP contribution is -2.29. The maximum atomic E-state index is 11.8. The van der Waals surface area contributed by atoms with Crippen LogP contribution < -0.4 is 11.2 Å². The third-order valence-corrected chi connectivity index (χ3v) is 3.26. The molecule has 0 spiro atoms. The molecule has 21 heavy (non-hydrogen) atoms. The van der Waals surface area contributed by atoms with Crippen LogP contribution in [0.3, 0.4) is 0 Å². The molecule has 2 heterocycles. The van der Waals surface area contributed by atoms with E-state index in [0.29, 0.717) is 16.8 Å². The molecule has 1 aliphatic heterocycles. The second-order valence-electron chi connectivity index (χ2n) is 4.61. The van der Waals surface area contributed by atoms with Crippen molar-refractivity contribution in [3.63, 3.8) is 0 Å². The van der Waals surface area contributed by atoms with E-state index in [1.165, 1.54) is 31.5 Å². The molecule has 106 valence electrons. The summed E-state index contributed by atoms with van der Waals surface area (Å²) in [6, 6.07) is 4.67. The molecule has 1 aromatic carbocycles. The van der Waals surface area contributed by atoms with Gasteiger partial charge in [-0.05, 0) is 24.3 Å². The number of phenols is 1. The van der Waals surface area contributed by atoms with Crippen molar-refractivity contribution in [1.29, 1.82) is 0 Å². The number of hydrogen-bond acceptors (Lipinski definition) is 5. The molecule has 1 aliphatic rings. The first-order valence-electron chi connectivity index (χ1n) is 6.09. The predicted octanol–water partition coefficient (Wildman–Crippen LogP) is 0.741. The summed E-state index contributed by atoms with van der Waals surface area (Å²) in [6.07, 6.45) is 2.94. The van der Waals surface area contributed by atoms with E-state index in [0.717, 1.165) is 4.57 Å². The molecular weight excluding hydrogens is 274 g/mol. The fourth-order valence-corrected chi connectivity index (χ4v) is 2.10. The third kappa shape index (κ3) is 2.04. The molecule has 0 atom stereocenters.